The van der Waals surface area contributed by atoms with E-state index in [0.29, 0.717) is 5.56 Å². The maximum absolute atomic E-state index is 13.9. The van der Waals surface area contributed by atoms with Crippen LogP contribution < -0.4 is 0 Å². The van der Waals surface area contributed by atoms with Crippen LogP contribution in [0.3, 0.4) is 0 Å². The Morgan fingerprint density at radius 3 is 2.20 bits per heavy atom. The van der Waals surface area contributed by atoms with Crippen molar-refractivity contribution in [2.75, 3.05) is 7.11 Å². The maximum atomic E-state index is 13.9. The highest BCUT2D eigenvalue weighted by Gasteiger charge is 2.49. The van der Waals surface area contributed by atoms with E-state index >= 15 is 0 Å². The first-order valence-electron chi connectivity index (χ1n) is 6.41. The minimum Gasteiger partial charge on any atom is -0.465 e. The van der Waals surface area contributed by atoms with E-state index in [0.717, 1.165) is 0 Å². The minimum absolute atomic E-state index is 0.104. The Morgan fingerprint density at radius 1 is 1.20 bits per heavy atom. The number of methoxy groups -OCH3 is 1. The lowest BCUT2D eigenvalue weighted by molar-refractivity contribution is -0.0897. The molecule has 2 rings (SSSR count). The summed E-state index contributed by atoms with van der Waals surface area (Å²) in [6.45, 7) is 7.69. The lowest BCUT2D eigenvalue weighted by Gasteiger charge is -2.30. The highest BCUT2D eigenvalue weighted by molar-refractivity contribution is 5.89. The average Bonchev–Trinajstić information content (AvgIpc) is 2.57. The van der Waals surface area contributed by atoms with Gasteiger partial charge in [-0.15, -0.1) is 0 Å². The first-order valence-corrected chi connectivity index (χ1v) is 6.41. The smallest absolute Gasteiger partial charge is 0.340 e. The van der Waals surface area contributed by atoms with Gasteiger partial charge in [0.25, 0.3) is 0 Å². The zero-order valence-electron chi connectivity index (χ0n) is 12.3. The van der Waals surface area contributed by atoms with E-state index in [1.807, 2.05) is 27.7 Å². The van der Waals surface area contributed by atoms with Crippen LogP contribution in [0, 0.1) is 5.82 Å². The molecule has 1 fully saturated rings. The second-order valence-corrected chi connectivity index (χ2v) is 5.82. The first kappa shape index (κ1) is 14.9. The summed E-state index contributed by atoms with van der Waals surface area (Å²) < 4.78 is 30.1. The van der Waals surface area contributed by atoms with Gasteiger partial charge < -0.3 is 14.2 Å². The molecule has 0 aromatic heterocycles. The van der Waals surface area contributed by atoms with E-state index in [2.05, 4.69) is 4.74 Å². The van der Waals surface area contributed by atoms with Gasteiger partial charge in [0.1, 0.15) is 5.82 Å². The monoisotopic (exact) mass is 282 g/mol. The highest BCUT2D eigenvalue weighted by Crippen LogP contribution is 2.44. The van der Waals surface area contributed by atoms with Gasteiger partial charge in [0.15, 0.2) is 6.29 Å². The van der Waals surface area contributed by atoms with Crippen LogP contribution in [0.2, 0.25) is 0 Å². The van der Waals surface area contributed by atoms with Crippen LogP contribution in [-0.4, -0.2) is 24.3 Å². The van der Waals surface area contributed by atoms with Gasteiger partial charge in [-0.1, -0.05) is 6.07 Å². The predicted octanol–water partition coefficient (Wildman–Crippen LogP) is 3.21. The molecule has 0 spiro atoms. The van der Waals surface area contributed by atoms with Gasteiger partial charge in [-0.05, 0) is 39.8 Å². The summed E-state index contributed by atoms with van der Waals surface area (Å²) in [5.74, 6) is -1.35. The van der Waals surface area contributed by atoms with Gasteiger partial charge in [0.2, 0.25) is 0 Å². The van der Waals surface area contributed by atoms with E-state index in [9.17, 15) is 9.18 Å². The first-order chi connectivity index (χ1) is 9.18. The highest BCUT2D eigenvalue weighted by atomic mass is 19.1. The van der Waals surface area contributed by atoms with E-state index in [-0.39, 0.29) is 5.56 Å². The van der Waals surface area contributed by atoms with Crippen LogP contribution >= 0.6 is 0 Å². The largest absolute Gasteiger partial charge is 0.465 e. The molecule has 1 aliphatic heterocycles. The van der Waals surface area contributed by atoms with Crippen LogP contribution in [0.5, 0.6) is 0 Å². The summed E-state index contributed by atoms with van der Waals surface area (Å²) in [5.41, 5.74) is -0.550. The molecular weight excluding hydrogens is 263 g/mol. The Morgan fingerprint density at radius 2 is 1.75 bits per heavy atom. The molecule has 0 amide bonds. The molecule has 20 heavy (non-hydrogen) atoms. The molecule has 0 aliphatic carbocycles. The summed E-state index contributed by atoms with van der Waals surface area (Å²) in [6.07, 6.45) is -0.652. The molecular formula is C15H19FO4. The zero-order valence-corrected chi connectivity index (χ0v) is 12.3. The third-order valence-electron chi connectivity index (χ3n) is 3.92. The molecule has 5 heteroatoms. The van der Waals surface area contributed by atoms with Crippen LogP contribution in [0.1, 0.15) is 49.9 Å². The second-order valence-electron chi connectivity index (χ2n) is 5.82. The molecule has 1 aromatic rings. The molecule has 0 radical (unpaired) electrons. The van der Waals surface area contributed by atoms with Gasteiger partial charge >= 0.3 is 5.97 Å². The topological polar surface area (TPSA) is 44.8 Å². The van der Waals surface area contributed by atoms with E-state index in [1.165, 1.54) is 19.2 Å². The number of rotatable bonds is 2. The van der Waals surface area contributed by atoms with Crippen molar-refractivity contribution in [3.8, 4) is 0 Å². The number of hydrogen-bond donors (Lipinski definition) is 0. The molecule has 110 valence electrons. The van der Waals surface area contributed by atoms with Crippen molar-refractivity contribution in [3.05, 3.63) is 35.1 Å². The molecule has 1 aliphatic rings. The van der Waals surface area contributed by atoms with Crippen molar-refractivity contribution < 1.29 is 23.4 Å². The lowest BCUT2D eigenvalue weighted by atomic mass is 9.90. The molecule has 0 N–H and O–H groups in total. The quantitative estimate of drug-likeness (QED) is 0.781. The average molecular weight is 282 g/mol. The third kappa shape index (κ3) is 2.43. The number of carbonyl (C=O) groups is 1. The Balaban J connectivity index is 2.28. The number of halogens is 1. The van der Waals surface area contributed by atoms with Crippen molar-refractivity contribution in [2.24, 2.45) is 0 Å². The standard InChI is InChI=1S/C15H19FO4/c1-14(2)15(3,4)20-13(19-14)9-6-7-10(11(16)8-9)12(17)18-5/h6-8,13H,1-5H3. The molecule has 0 atom stereocenters. The molecule has 0 unspecified atom stereocenters. The van der Waals surface area contributed by atoms with Crippen molar-refractivity contribution >= 4 is 5.97 Å². The van der Waals surface area contributed by atoms with Crippen LogP contribution in [0.25, 0.3) is 0 Å². The molecule has 1 aromatic carbocycles. The Hall–Kier alpha value is -1.46. The third-order valence-corrected chi connectivity index (χ3v) is 3.92. The van der Waals surface area contributed by atoms with Crippen molar-refractivity contribution in [1.82, 2.24) is 0 Å². The molecule has 0 bridgehead atoms. The SMILES string of the molecule is COC(=O)c1ccc(C2OC(C)(C)C(C)(C)O2)cc1F. The summed E-state index contributed by atoms with van der Waals surface area (Å²) in [5, 5.41) is 0. The molecule has 0 saturated carbocycles. The minimum atomic E-state index is -0.706. The number of esters is 1. The Kier molecular flexibility index (Phi) is 3.60. The van der Waals surface area contributed by atoms with E-state index in [4.69, 9.17) is 9.47 Å². The zero-order chi connectivity index (χ0) is 15.1. The number of benzene rings is 1. The Labute approximate surface area is 117 Å². The van der Waals surface area contributed by atoms with Crippen molar-refractivity contribution in [1.29, 1.82) is 0 Å². The Bertz CT molecular complexity index is 521. The van der Waals surface area contributed by atoms with Crippen LogP contribution in [-0.2, 0) is 14.2 Å². The van der Waals surface area contributed by atoms with Gasteiger partial charge in [-0.2, -0.15) is 0 Å². The summed E-state index contributed by atoms with van der Waals surface area (Å²) in [4.78, 5) is 11.3. The number of ether oxygens (including phenoxy) is 3. The fourth-order valence-electron chi connectivity index (χ4n) is 1.93. The van der Waals surface area contributed by atoms with E-state index < -0.39 is 29.3 Å². The number of hydrogen-bond acceptors (Lipinski definition) is 4. The fourth-order valence-corrected chi connectivity index (χ4v) is 1.93. The molecule has 4 nitrogen and oxygen atoms in total. The van der Waals surface area contributed by atoms with E-state index in [1.54, 1.807) is 6.07 Å². The van der Waals surface area contributed by atoms with Gasteiger partial charge in [-0.25, -0.2) is 9.18 Å². The normalized spacial score (nSPS) is 20.9. The number of carbonyl (C=O) groups excluding carboxylic acids is 1. The summed E-state index contributed by atoms with van der Waals surface area (Å²) >= 11 is 0. The van der Waals surface area contributed by atoms with Crippen LogP contribution in [0.4, 0.5) is 4.39 Å². The summed E-state index contributed by atoms with van der Waals surface area (Å²) in [7, 11) is 1.21. The summed E-state index contributed by atoms with van der Waals surface area (Å²) in [6, 6.07) is 4.23. The lowest BCUT2D eigenvalue weighted by Crippen LogP contribution is -2.41. The molecule has 1 saturated heterocycles. The predicted molar refractivity (Wildman–Crippen MR) is 70.8 cm³/mol. The molecule has 1 heterocycles. The van der Waals surface area contributed by atoms with Crippen LogP contribution in [0.15, 0.2) is 18.2 Å². The van der Waals surface area contributed by atoms with Gasteiger partial charge in [0, 0.05) is 5.56 Å². The maximum Gasteiger partial charge on any atom is 0.340 e. The van der Waals surface area contributed by atoms with Crippen molar-refractivity contribution in [2.45, 2.75) is 45.2 Å². The van der Waals surface area contributed by atoms with Gasteiger partial charge in [0.05, 0.1) is 23.9 Å². The fraction of sp³-hybridized carbons (Fsp3) is 0.533. The van der Waals surface area contributed by atoms with Gasteiger partial charge in [-0.3, -0.25) is 0 Å². The second kappa shape index (κ2) is 4.82. The van der Waals surface area contributed by atoms with Crippen molar-refractivity contribution in [3.63, 3.8) is 0 Å².